The zero-order chi connectivity index (χ0) is 19.8. The Balaban J connectivity index is 1.25. The third kappa shape index (κ3) is 3.02. The van der Waals surface area contributed by atoms with Crippen molar-refractivity contribution in [3.63, 3.8) is 0 Å². The molecule has 7 rings (SSSR count). The highest BCUT2D eigenvalue weighted by atomic mass is 32.2. The molecular formula is C24H34N2O2S. The Morgan fingerprint density at radius 2 is 1.55 bits per heavy atom. The molecule has 0 atom stereocenters. The summed E-state index contributed by atoms with van der Waals surface area (Å²) in [5.41, 5.74) is 2.64. The molecule has 5 heteroatoms. The molecule has 2 aliphatic heterocycles. The minimum Gasteiger partial charge on any atom is -0.300 e. The Morgan fingerprint density at radius 3 is 2.17 bits per heavy atom. The third-order valence-electron chi connectivity index (χ3n) is 9.24. The molecule has 4 aliphatic carbocycles. The van der Waals surface area contributed by atoms with Gasteiger partial charge in [-0.2, -0.15) is 4.31 Å². The van der Waals surface area contributed by atoms with Crippen LogP contribution in [0.5, 0.6) is 0 Å². The van der Waals surface area contributed by atoms with Crippen LogP contribution in [0.15, 0.2) is 24.3 Å². The quantitative estimate of drug-likeness (QED) is 0.742. The highest BCUT2D eigenvalue weighted by Crippen LogP contribution is 2.56. The second-order valence-corrected chi connectivity index (χ2v) is 12.9. The summed E-state index contributed by atoms with van der Waals surface area (Å²) < 4.78 is 26.6. The summed E-state index contributed by atoms with van der Waals surface area (Å²) in [7, 11) is -3.17. The van der Waals surface area contributed by atoms with E-state index in [-0.39, 0.29) is 5.41 Å². The molecule has 4 saturated carbocycles. The highest BCUT2D eigenvalue weighted by molar-refractivity contribution is 7.88. The van der Waals surface area contributed by atoms with Gasteiger partial charge < -0.3 is 0 Å². The van der Waals surface area contributed by atoms with Crippen LogP contribution in [-0.2, 0) is 22.0 Å². The molecule has 4 nitrogen and oxygen atoms in total. The average Bonchev–Trinajstić information content (AvgIpc) is 2.68. The maximum atomic E-state index is 12.4. The van der Waals surface area contributed by atoms with Crippen molar-refractivity contribution in [1.29, 1.82) is 0 Å². The summed E-state index contributed by atoms with van der Waals surface area (Å²) in [6.45, 7) is 3.48. The number of benzene rings is 1. The fourth-order valence-corrected chi connectivity index (χ4v) is 9.10. The van der Waals surface area contributed by atoms with Gasteiger partial charge in [-0.15, -0.1) is 0 Å². The molecule has 2 heterocycles. The van der Waals surface area contributed by atoms with Crippen molar-refractivity contribution in [3.05, 3.63) is 35.4 Å². The smallest absolute Gasteiger partial charge is 0.211 e. The lowest BCUT2D eigenvalue weighted by atomic mass is 9.53. The Kier molecular flexibility index (Phi) is 4.25. The molecule has 1 aromatic carbocycles. The lowest BCUT2D eigenvalue weighted by Crippen LogP contribution is -2.60. The highest BCUT2D eigenvalue weighted by Gasteiger charge is 2.52. The number of fused-ring (bicyclic) bond motifs is 2. The summed E-state index contributed by atoms with van der Waals surface area (Å²) >= 11 is 0. The Hall–Kier alpha value is -0.910. The van der Waals surface area contributed by atoms with Gasteiger partial charge in [0.15, 0.2) is 0 Å². The number of hydrogen-bond donors (Lipinski definition) is 0. The standard InChI is InChI=1S/C24H34N2O2S/c1-29(27,28)26-15-19-4-2-3-5-22(19)24(16-26)6-8-25(9-7-24)23-20-11-17-10-18(13-20)14-21(23)12-17/h2-5,17-18,20-21,23H,6-16H2,1H3. The molecule has 29 heavy (non-hydrogen) atoms. The van der Waals surface area contributed by atoms with Crippen LogP contribution in [0.1, 0.15) is 56.1 Å². The first-order valence-corrected chi connectivity index (χ1v) is 13.5. The maximum Gasteiger partial charge on any atom is 0.211 e. The average molecular weight is 415 g/mol. The molecule has 5 fully saturated rings. The Bertz CT molecular complexity index is 875. The molecule has 0 unspecified atom stereocenters. The molecular weight excluding hydrogens is 380 g/mol. The molecule has 0 aromatic heterocycles. The van der Waals surface area contributed by atoms with Crippen LogP contribution in [0.3, 0.4) is 0 Å². The minimum absolute atomic E-state index is 0.000336. The molecule has 0 N–H and O–H groups in total. The van der Waals surface area contributed by atoms with Gasteiger partial charge in [-0.1, -0.05) is 24.3 Å². The molecule has 0 radical (unpaired) electrons. The normalized spacial score (nSPS) is 39.0. The summed E-state index contributed by atoms with van der Waals surface area (Å²) in [6, 6.07) is 9.42. The molecule has 158 valence electrons. The first-order chi connectivity index (χ1) is 13.9. The largest absolute Gasteiger partial charge is 0.300 e. The van der Waals surface area contributed by atoms with Gasteiger partial charge in [0.25, 0.3) is 0 Å². The van der Waals surface area contributed by atoms with E-state index < -0.39 is 10.0 Å². The molecule has 1 saturated heterocycles. The van der Waals surface area contributed by atoms with Crippen molar-refractivity contribution in [2.75, 3.05) is 25.9 Å². The second-order valence-electron chi connectivity index (χ2n) is 10.9. The molecule has 4 bridgehead atoms. The minimum atomic E-state index is -3.17. The predicted octanol–water partition coefficient (Wildman–Crippen LogP) is 3.62. The van der Waals surface area contributed by atoms with Crippen molar-refractivity contribution < 1.29 is 8.42 Å². The zero-order valence-electron chi connectivity index (χ0n) is 17.6. The summed E-state index contributed by atoms with van der Waals surface area (Å²) in [5, 5.41) is 0. The first kappa shape index (κ1) is 18.8. The van der Waals surface area contributed by atoms with Crippen molar-refractivity contribution in [2.45, 2.75) is 62.9 Å². The molecule has 6 aliphatic rings. The number of piperidine rings is 1. The van der Waals surface area contributed by atoms with Gasteiger partial charge in [0.05, 0.1) is 6.26 Å². The van der Waals surface area contributed by atoms with Gasteiger partial charge in [-0.05, 0) is 92.8 Å². The maximum absolute atomic E-state index is 12.4. The lowest BCUT2D eigenvalue weighted by molar-refractivity contribution is -0.0765. The van der Waals surface area contributed by atoms with E-state index >= 15 is 0 Å². The number of likely N-dealkylation sites (tertiary alicyclic amines) is 1. The van der Waals surface area contributed by atoms with Crippen LogP contribution in [0.25, 0.3) is 0 Å². The summed E-state index contributed by atoms with van der Waals surface area (Å²) in [5.74, 6) is 3.93. The van der Waals surface area contributed by atoms with Crippen LogP contribution >= 0.6 is 0 Å². The van der Waals surface area contributed by atoms with Gasteiger partial charge in [-0.25, -0.2) is 8.42 Å². The van der Waals surface area contributed by atoms with Gasteiger partial charge in [0.2, 0.25) is 10.0 Å². The van der Waals surface area contributed by atoms with Crippen LogP contribution in [0, 0.1) is 23.7 Å². The van der Waals surface area contributed by atoms with E-state index in [1.807, 2.05) is 0 Å². The van der Waals surface area contributed by atoms with Crippen LogP contribution in [-0.4, -0.2) is 49.6 Å². The van der Waals surface area contributed by atoms with E-state index in [0.29, 0.717) is 13.1 Å². The molecule has 1 aromatic rings. The van der Waals surface area contributed by atoms with Gasteiger partial charge >= 0.3 is 0 Å². The topological polar surface area (TPSA) is 40.6 Å². The fraction of sp³-hybridized carbons (Fsp3) is 0.750. The number of hydrogen-bond acceptors (Lipinski definition) is 3. The molecule has 0 amide bonds. The van der Waals surface area contributed by atoms with E-state index in [9.17, 15) is 8.42 Å². The van der Waals surface area contributed by atoms with E-state index in [4.69, 9.17) is 0 Å². The Labute approximate surface area is 175 Å². The first-order valence-electron chi connectivity index (χ1n) is 11.7. The number of nitrogens with zero attached hydrogens (tertiary/aromatic N) is 2. The van der Waals surface area contributed by atoms with Crippen LogP contribution in [0.4, 0.5) is 0 Å². The van der Waals surface area contributed by atoms with E-state index in [0.717, 1.165) is 55.6 Å². The van der Waals surface area contributed by atoms with Crippen LogP contribution < -0.4 is 0 Å². The van der Waals surface area contributed by atoms with E-state index in [1.165, 1.54) is 49.5 Å². The van der Waals surface area contributed by atoms with E-state index in [1.54, 1.807) is 4.31 Å². The summed E-state index contributed by atoms with van der Waals surface area (Å²) in [6.07, 6.45) is 11.0. The Morgan fingerprint density at radius 1 is 0.931 bits per heavy atom. The second kappa shape index (κ2) is 6.54. The predicted molar refractivity (Wildman–Crippen MR) is 115 cm³/mol. The fourth-order valence-electron chi connectivity index (χ4n) is 8.25. The van der Waals surface area contributed by atoms with Crippen LogP contribution in [0.2, 0.25) is 0 Å². The van der Waals surface area contributed by atoms with Crippen molar-refractivity contribution in [3.8, 4) is 0 Å². The SMILES string of the molecule is CS(=O)(=O)N1Cc2ccccc2C2(CCN(C3C4CC5CC(C4)CC3C5)CC2)C1. The van der Waals surface area contributed by atoms with Gasteiger partial charge in [0.1, 0.15) is 0 Å². The number of rotatable bonds is 2. The van der Waals surface area contributed by atoms with E-state index in [2.05, 4.69) is 29.2 Å². The van der Waals surface area contributed by atoms with Gasteiger partial charge in [-0.3, -0.25) is 4.90 Å². The zero-order valence-corrected chi connectivity index (χ0v) is 18.4. The van der Waals surface area contributed by atoms with Gasteiger partial charge in [0, 0.05) is 24.5 Å². The third-order valence-corrected chi connectivity index (χ3v) is 10.4. The molecule has 1 spiro atoms. The van der Waals surface area contributed by atoms with Crippen molar-refractivity contribution >= 4 is 10.0 Å². The summed E-state index contributed by atoms with van der Waals surface area (Å²) in [4.78, 5) is 2.83. The van der Waals surface area contributed by atoms with Crippen molar-refractivity contribution in [1.82, 2.24) is 9.21 Å². The number of sulfonamides is 1. The monoisotopic (exact) mass is 414 g/mol. The lowest BCUT2D eigenvalue weighted by Gasteiger charge is -2.59. The van der Waals surface area contributed by atoms with Crippen molar-refractivity contribution in [2.24, 2.45) is 23.7 Å².